The van der Waals surface area contributed by atoms with E-state index in [1.807, 2.05) is 0 Å². The molecule has 0 aliphatic carbocycles. The van der Waals surface area contributed by atoms with Gasteiger partial charge in [-0.3, -0.25) is 20.2 Å². The number of nitrogens with two attached hydrogens (primary N) is 1. The second-order valence-electron chi connectivity index (χ2n) is 5.37. The third-order valence-electron chi connectivity index (χ3n) is 3.91. The third kappa shape index (κ3) is 1.76. The molecule has 1 saturated heterocycles. The van der Waals surface area contributed by atoms with E-state index in [-0.39, 0.29) is 30.6 Å². The summed E-state index contributed by atoms with van der Waals surface area (Å²) in [7, 11) is 1.21. The Hall–Kier alpha value is -2.39. The maximum absolute atomic E-state index is 12.7. The second-order valence-corrected chi connectivity index (χ2v) is 5.37. The van der Waals surface area contributed by atoms with E-state index in [0.29, 0.717) is 0 Å². The minimum Gasteiger partial charge on any atom is -0.491 e. The van der Waals surface area contributed by atoms with Crippen LogP contribution in [-0.4, -0.2) is 52.1 Å². The fourth-order valence-corrected chi connectivity index (χ4v) is 2.96. The lowest BCUT2D eigenvalue weighted by Gasteiger charge is -2.40. The molecule has 1 aromatic rings. The fraction of sp³-hybridized carbons (Fsp3) is 0.462. The number of aromatic carboxylic acids is 1. The van der Waals surface area contributed by atoms with Gasteiger partial charge < -0.3 is 19.1 Å². The Kier molecular flexibility index (Phi) is 3.01. The molecule has 2 atom stereocenters. The van der Waals surface area contributed by atoms with Crippen LogP contribution < -0.4 is 15.9 Å². The summed E-state index contributed by atoms with van der Waals surface area (Å²) in [5.74, 6) is -3.59. The second kappa shape index (κ2) is 4.55. The molecule has 1 aromatic heterocycles. The maximum atomic E-state index is 12.7. The number of carboxylic acids is 1. The van der Waals surface area contributed by atoms with Gasteiger partial charge in [0, 0.05) is 6.20 Å². The Morgan fingerprint density at radius 3 is 2.82 bits per heavy atom. The molecular formula is C13H15N3O6. The van der Waals surface area contributed by atoms with E-state index in [1.54, 1.807) is 6.92 Å². The molecule has 1 fully saturated rings. The molecule has 118 valence electrons. The van der Waals surface area contributed by atoms with Gasteiger partial charge in [-0.1, -0.05) is 0 Å². The molecule has 22 heavy (non-hydrogen) atoms. The molecule has 3 N–H and O–H groups in total. The van der Waals surface area contributed by atoms with Crippen molar-refractivity contribution in [3.63, 3.8) is 0 Å². The predicted molar refractivity (Wildman–Crippen MR) is 72.7 cm³/mol. The summed E-state index contributed by atoms with van der Waals surface area (Å²) in [6.45, 7) is 2.04. The summed E-state index contributed by atoms with van der Waals surface area (Å²) < 4.78 is 11.8. The number of fused-ring (bicyclic) bond motifs is 2. The lowest BCUT2D eigenvalue weighted by molar-refractivity contribution is -0.0851. The number of carboxylic acid groups (broad SMARTS) is 1. The number of rotatable bonds is 2. The van der Waals surface area contributed by atoms with Gasteiger partial charge >= 0.3 is 5.97 Å². The molecule has 9 nitrogen and oxygen atoms in total. The molecule has 1 amide bonds. The molecule has 0 unspecified atom stereocenters. The van der Waals surface area contributed by atoms with Crippen LogP contribution in [0.1, 0.15) is 27.8 Å². The van der Waals surface area contributed by atoms with Crippen molar-refractivity contribution in [3.8, 4) is 5.75 Å². The van der Waals surface area contributed by atoms with Gasteiger partial charge in [-0.05, 0) is 6.92 Å². The van der Waals surface area contributed by atoms with Crippen molar-refractivity contribution in [1.82, 2.24) is 9.47 Å². The first kappa shape index (κ1) is 14.5. The van der Waals surface area contributed by atoms with Crippen molar-refractivity contribution in [1.29, 1.82) is 0 Å². The number of nitrogens with zero attached hydrogens (tertiary/aromatic N) is 2. The van der Waals surface area contributed by atoms with Crippen molar-refractivity contribution in [2.24, 2.45) is 5.73 Å². The van der Waals surface area contributed by atoms with Crippen molar-refractivity contribution in [2.45, 2.75) is 25.4 Å². The molecule has 0 spiro atoms. The van der Waals surface area contributed by atoms with Gasteiger partial charge in [0.25, 0.3) is 5.91 Å². The standard InChI is InChI=1S/C13H15N3O6/c1-6-4-22-13(14)5-15-3-7(12(19)20)9(17)10(21-2)8(15)11(18)16(6)13/h3,6H,4-5,14H2,1-2H3,(H,19,20)/t6-,13-/m0/s1. The maximum Gasteiger partial charge on any atom is 0.341 e. The molecule has 0 radical (unpaired) electrons. The summed E-state index contributed by atoms with van der Waals surface area (Å²) >= 11 is 0. The van der Waals surface area contributed by atoms with E-state index < -0.39 is 28.7 Å². The zero-order valence-electron chi connectivity index (χ0n) is 12.0. The van der Waals surface area contributed by atoms with Crippen molar-refractivity contribution in [3.05, 3.63) is 27.7 Å². The van der Waals surface area contributed by atoms with E-state index in [0.717, 1.165) is 6.20 Å². The van der Waals surface area contributed by atoms with Gasteiger partial charge in [0.1, 0.15) is 5.56 Å². The molecule has 0 bridgehead atoms. The third-order valence-corrected chi connectivity index (χ3v) is 3.91. The van der Waals surface area contributed by atoms with E-state index >= 15 is 0 Å². The summed E-state index contributed by atoms with van der Waals surface area (Å²) in [6, 6.07) is -0.259. The summed E-state index contributed by atoms with van der Waals surface area (Å²) in [5.41, 5.74) is 4.76. The minimum absolute atomic E-state index is 0.00926. The first-order valence-corrected chi connectivity index (χ1v) is 6.61. The summed E-state index contributed by atoms with van der Waals surface area (Å²) in [4.78, 5) is 37.4. The average molecular weight is 309 g/mol. The molecular weight excluding hydrogens is 294 g/mol. The number of methoxy groups -OCH3 is 1. The predicted octanol–water partition coefficient (Wildman–Crippen LogP) is -0.958. The molecule has 3 heterocycles. The summed E-state index contributed by atoms with van der Waals surface area (Å²) in [6.07, 6.45) is 1.10. The first-order valence-electron chi connectivity index (χ1n) is 6.61. The SMILES string of the molecule is COc1c2n(cc(C(=O)O)c1=O)C[C@@]1(N)OC[C@H](C)N1C2=O. The number of aromatic nitrogens is 1. The van der Waals surface area contributed by atoms with Crippen LogP contribution in [0.3, 0.4) is 0 Å². The van der Waals surface area contributed by atoms with Gasteiger partial charge in [-0.2, -0.15) is 0 Å². The van der Waals surface area contributed by atoms with Crippen molar-refractivity contribution < 1.29 is 24.2 Å². The highest BCUT2D eigenvalue weighted by Crippen LogP contribution is 2.33. The van der Waals surface area contributed by atoms with Crippen LogP contribution in [-0.2, 0) is 11.3 Å². The highest BCUT2D eigenvalue weighted by Gasteiger charge is 2.51. The normalized spacial score (nSPS) is 26.6. The number of ether oxygens (including phenoxy) is 2. The van der Waals surface area contributed by atoms with E-state index in [2.05, 4.69) is 0 Å². The molecule has 0 aromatic carbocycles. The number of hydrogen-bond donors (Lipinski definition) is 2. The zero-order chi connectivity index (χ0) is 16.2. The zero-order valence-corrected chi connectivity index (χ0v) is 12.0. The lowest BCUT2D eigenvalue weighted by atomic mass is 10.1. The molecule has 2 aliphatic rings. The smallest absolute Gasteiger partial charge is 0.341 e. The van der Waals surface area contributed by atoms with Crippen LogP contribution in [0, 0.1) is 0 Å². The van der Waals surface area contributed by atoms with Crippen LogP contribution in [0.4, 0.5) is 0 Å². The largest absolute Gasteiger partial charge is 0.491 e. The quantitative estimate of drug-likeness (QED) is 0.721. The average Bonchev–Trinajstić information content (AvgIpc) is 2.74. The Balaban J connectivity index is 2.28. The number of carbonyl (C=O) groups is 2. The van der Waals surface area contributed by atoms with E-state index in [4.69, 9.17) is 20.3 Å². The van der Waals surface area contributed by atoms with Crippen molar-refractivity contribution >= 4 is 11.9 Å². The number of carbonyl (C=O) groups excluding carboxylic acids is 1. The van der Waals surface area contributed by atoms with Crippen LogP contribution in [0.2, 0.25) is 0 Å². The van der Waals surface area contributed by atoms with Crippen LogP contribution >= 0.6 is 0 Å². The van der Waals surface area contributed by atoms with Gasteiger partial charge in [0.05, 0.1) is 26.3 Å². The number of amides is 1. The van der Waals surface area contributed by atoms with Gasteiger partial charge in [-0.15, -0.1) is 0 Å². The topological polar surface area (TPSA) is 124 Å². The lowest BCUT2D eigenvalue weighted by Crippen LogP contribution is -2.63. The molecule has 9 heteroatoms. The Bertz CT molecular complexity index is 742. The first-order chi connectivity index (χ1) is 10.3. The van der Waals surface area contributed by atoms with Crippen LogP contribution in [0.5, 0.6) is 5.75 Å². The number of pyridine rings is 1. The van der Waals surface area contributed by atoms with Gasteiger partial charge in [-0.25, -0.2) is 4.79 Å². The van der Waals surface area contributed by atoms with Crippen LogP contribution in [0.25, 0.3) is 0 Å². The van der Waals surface area contributed by atoms with E-state index in [9.17, 15) is 14.4 Å². The van der Waals surface area contributed by atoms with E-state index in [1.165, 1.54) is 16.6 Å². The Morgan fingerprint density at radius 1 is 1.55 bits per heavy atom. The Morgan fingerprint density at radius 2 is 2.23 bits per heavy atom. The molecule has 3 rings (SSSR count). The molecule has 0 saturated carbocycles. The minimum atomic E-state index is -1.40. The highest BCUT2D eigenvalue weighted by atomic mass is 16.5. The van der Waals surface area contributed by atoms with Gasteiger partial charge in [0.2, 0.25) is 11.3 Å². The van der Waals surface area contributed by atoms with Crippen LogP contribution in [0.15, 0.2) is 11.0 Å². The highest BCUT2D eigenvalue weighted by molar-refractivity contribution is 5.98. The summed E-state index contributed by atoms with van der Waals surface area (Å²) in [5, 5.41) is 9.12. The molecule has 2 aliphatic heterocycles. The monoisotopic (exact) mass is 309 g/mol. The fourth-order valence-electron chi connectivity index (χ4n) is 2.96. The Labute approximate surface area is 124 Å². The van der Waals surface area contributed by atoms with Gasteiger partial charge in [0.15, 0.2) is 11.4 Å². The van der Waals surface area contributed by atoms with Crippen molar-refractivity contribution in [2.75, 3.05) is 13.7 Å². The number of hydrogen-bond acceptors (Lipinski definition) is 6.